The van der Waals surface area contributed by atoms with Crippen molar-refractivity contribution in [3.05, 3.63) is 74.8 Å². The molecule has 1 atom stereocenters. The topological polar surface area (TPSA) is 75.3 Å². The first-order valence-electron chi connectivity index (χ1n) is 8.24. The summed E-state index contributed by atoms with van der Waals surface area (Å²) in [5, 5.41) is 13.8. The maximum absolute atomic E-state index is 12.9. The van der Waals surface area contributed by atoms with Gasteiger partial charge in [0, 0.05) is 21.3 Å². The minimum atomic E-state index is -0.690. The van der Waals surface area contributed by atoms with Gasteiger partial charge in [0.2, 0.25) is 0 Å². The van der Waals surface area contributed by atoms with Crippen LogP contribution in [0.1, 0.15) is 30.9 Å². The van der Waals surface area contributed by atoms with Gasteiger partial charge >= 0.3 is 5.97 Å². The van der Waals surface area contributed by atoms with Crippen LogP contribution < -0.4 is 5.32 Å². The van der Waals surface area contributed by atoms with Crippen LogP contribution in [-0.4, -0.2) is 12.6 Å². The highest BCUT2D eigenvalue weighted by Gasteiger charge is 2.37. The number of benzene rings is 1. The second kappa shape index (κ2) is 7.91. The van der Waals surface area contributed by atoms with E-state index in [0.717, 1.165) is 0 Å². The van der Waals surface area contributed by atoms with Crippen molar-refractivity contribution in [2.24, 2.45) is 0 Å². The summed E-state index contributed by atoms with van der Waals surface area (Å²) in [5.74, 6) is -1.22. The Morgan fingerprint density at radius 3 is 2.74 bits per heavy atom. The van der Waals surface area contributed by atoms with Gasteiger partial charge in [-0.3, -0.25) is 0 Å². The average Bonchev–Trinajstić information content (AvgIpc) is 3.15. The highest BCUT2D eigenvalue weighted by atomic mass is 35.5. The molecule has 0 amide bonds. The van der Waals surface area contributed by atoms with Crippen molar-refractivity contribution in [3.63, 3.8) is 0 Å². The summed E-state index contributed by atoms with van der Waals surface area (Å²) >= 11 is 12.4. The molecule has 0 radical (unpaired) electrons. The Labute approximate surface area is 166 Å². The SMILES string of the molecule is CCOC(=O)C1=C(c2ccoc2)NC(C)=C(C#N)C1c1ccc(Cl)cc1Cl. The van der Waals surface area contributed by atoms with Gasteiger partial charge < -0.3 is 14.5 Å². The van der Waals surface area contributed by atoms with Gasteiger partial charge in [-0.2, -0.15) is 5.26 Å². The number of nitrogens with zero attached hydrogens (tertiary/aromatic N) is 1. The Kier molecular flexibility index (Phi) is 5.59. The Morgan fingerprint density at radius 2 is 2.15 bits per heavy atom. The van der Waals surface area contributed by atoms with Crippen molar-refractivity contribution in [3.8, 4) is 6.07 Å². The van der Waals surface area contributed by atoms with Gasteiger partial charge in [-0.05, 0) is 37.6 Å². The lowest BCUT2D eigenvalue weighted by atomic mass is 9.80. The van der Waals surface area contributed by atoms with Crippen molar-refractivity contribution < 1.29 is 13.9 Å². The van der Waals surface area contributed by atoms with Crippen LogP contribution in [0, 0.1) is 11.3 Å². The molecule has 1 aromatic carbocycles. The number of allylic oxidation sites excluding steroid dienone is 2. The van der Waals surface area contributed by atoms with Crippen LogP contribution in [0.2, 0.25) is 10.0 Å². The number of rotatable bonds is 4. The molecule has 7 heteroatoms. The molecular weight excluding hydrogens is 387 g/mol. The maximum atomic E-state index is 12.9. The summed E-state index contributed by atoms with van der Waals surface area (Å²) in [5.41, 5.74) is 3.10. The van der Waals surface area contributed by atoms with Crippen molar-refractivity contribution in [2.75, 3.05) is 6.61 Å². The summed E-state index contributed by atoms with van der Waals surface area (Å²) in [7, 11) is 0. The molecule has 0 aliphatic carbocycles. The number of hydrogen-bond donors (Lipinski definition) is 1. The predicted molar refractivity (Wildman–Crippen MR) is 103 cm³/mol. The number of ether oxygens (including phenoxy) is 1. The van der Waals surface area contributed by atoms with E-state index in [2.05, 4.69) is 11.4 Å². The quantitative estimate of drug-likeness (QED) is 0.724. The number of esters is 1. The van der Waals surface area contributed by atoms with E-state index in [-0.39, 0.29) is 6.61 Å². The first-order chi connectivity index (χ1) is 13.0. The van der Waals surface area contributed by atoms with Gasteiger partial charge in [-0.15, -0.1) is 0 Å². The number of furan rings is 1. The third-order valence-electron chi connectivity index (χ3n) is 4.26. The predicted octanol–water partition coefficient (Wildman–Crippen LogP) is 5.05. The van der Waals surface area contributed by atoms with Crippen molar-refractivity contribution in [1.82, 2.24) is 5.32 Å². The van der Waals surface area contributed by atoms with Crippen molar-refractivity contribution in [1.29, 1.82) is 5.26 Å². The average molecular weight is 403 g/mol. The van der Waals surface area contributed by atoms with E-state index >= 15 is 0 Å². The second-order valence-electron chi connectivity index (χ2n) is 5.90. The largest absolute Gasteiger partial charge is 0.472 e. The Balaban J connectivity index is 2.30. The first kappa shape index (κ1) is 19.1. The van der Waals surface area contributed by atoms with Gasteiger partial charge in [0.15, 0.2) is 0 Å². The van der Waals surface area contributed by atoms with Crippen LogP contribution in [0.4, 0.5) is 0 Å². The second-order valence-corrected chi connectivity index (χ2v) is 6.74. The third kappa shape index (κ3) is 3.59. The lowest BCUT2D eigenvalue weighted by Crippen LogP contribution is -2.29. The Bertz CT molecular complexity index is 985. The zero-order valence-electron chi connectivity index (χ0n) is 14.7. The molecule has 1 unspecified atom stereocenters. The van der Waals surface area contributed by atoms with Crippen LogP contribution in [-0.2, 0) is 9.53 Å². The van der Waals surface area contributed by atoms with Crippen molar-refractivity contribution >= 4 is 34.9 Å². The number of hydrogen-bond acceptors (Lipinski definition) is 5. The van der Waals surface area contributed by atoms with E-state index in [9.17, 15) is 10.1 Å². The lowest BCUT2D eigenvalue weighted by molar-refractivity contribution is -0.138. The van der Waals surface area contributed by atoms with E-state index in [4.69, 9.17) is 32.4 Å². The highest BCUT2D eigenvalue weighted by Crippen LogP contribution is 2.43. The van der Waals surface area contributed by atoms with Crippen LogP contribution in [0.5, 0.6) is 0 Å². The summed E-state index contributed by atoms with van der Waals surface area (Å²) in [6, 6.07) is 8.91. The molecule has 0 saturated heterocycles. The molecule has 2 heterocycles. The normalized spacial score (nSPS) is 16.8. The molecule has 1 N–H and O–H groups in total. The summed E-state index contributed by atoms with van der Waals surface area (Å²) in [4.78, 5) is 12.9. The van der Waals surface area contributed by atoms with E-state index in [0.29, 0.717) is 43.7 Å². The fourth-order valence-corrected chi connectivity index (χ4v) is 3.60. The zero-order chi connectivity index (χ0) is 19.6. The summed E-state index contributed by atoms with van der Waals surface area (Å²) in [6.45, 7) is 3.70. The summed E-state index contributed by atoms with van der Waals surface area (Å²) in [6.07, 6.45) is 3.03. The molecule has 0 fully saturated rings. The number of carbonyl (C=O) groups excluding carboxylic acids is 1. The van der Waals surface area contributed by atoms with Gasteiger partial charge in [0.25, 0.3) is 0 Å². The monoisotopic (exact) mass is 402 g/mol. The number of nitriles is 1. The molecule has 3 rings (SSSR count). The number of dihydropyridines is 1. The number of carbonyl (C=O) groups is 1. The molecule has 27 heavy (non-hydrogen) atoms. The molecular formula is C20H16Cl2N2O3. The van der Waals surface area contributed by atoms with Crippen LogP contribution >= 0.6 is 23.2 Å². The fraction of sp³-hybridized carbons (Fsp3) is 0.200. The molecule has 2 aromatic rings. The minimum Gasteiger partial charge on any atom is -0.472 e. The smallest absolute Gasteiger partial charge is 0.337 e. The first-order valence-corrected chi connectivity index (χ1v) is 9.00. The van der Waals surface area contributed by atoms with E-state index < -0.39 is 11.9 Å². The van der Waals surface area contributed by atoms with E-state index in [1.54, 1.807) is 38.1 Å². The van der Waals surface area contributed by atoms with Gasteiger partial charge in [-0.25, -0.2) is 4.79 Å². The molecule has 0 bridgehead atoms. The zero-order valence-corrected chi connectivity index (χ0v) is 16.2. The molecule has 138 valence electrons. The number of halogens is 2. The minimum absolute atomic E-state index is 0.201. The Hall–Kier alpha value is -2.68. The fourth-order valence-electron chi connectivity index (χ4n) is 3.09. The lowest BCUT2D eigenvalue weighted by Gasteiger charge is -2.30. The molecule has 1 aromatic heterocycles. The maximum Gasteiger partial charge on any atom is 0.337 e. The molecule has 0 spiro atoms. The van der Waals surface area contributed by atoms with E-state index in [1.807, 2.05) is 0 Å². The molecule has 5 nitrogen and oxygen atoms in total. The van der Waals surface area contributed by atoms with Crippen LogP contribution in [0.15, 0.2) is 58.1 Å². The number of nitrogens with one attached hydrogen (secondary N) is 1. The molecule has 0 saturated carbocycles. The highest BCUT2D eigenvalue weighted by molar-refractivity contribution is 6.35. The molecule has 1 aliphatic heterocycles. The van der Waals surface area contributed by atoms with Gasteiger partial charge in [0.05, 0.1) is 48.0 Å². The van der Waals surface area contributed by atoms with Crippen LogP contribution in [0.3, 0.4) is 0 Å². The van der Waals surface area contributed by atoms with Gasteiger partial charge in [-0.1, -0.05) is 29.3 Å². The van der Waals surface area contributed by atoms with Crippen molar-refractivity contribution in [2.45, 2.75) is 19.8 Å². The van der Waals surface area contributed by atoms with Gasteiger partial charge in [0.1, 0.15) is 0 Å². The van der Waals surface area contributed by atoms with Crippen LogP contribution in [0.25, 0.3) is 5.70 Å². The standard InChI is InChI=1S/C20H16Cl2N2O3/c1-3-27-20(25)18-17(14-5-4-13(21)8-16(14)22)15(9-23)11(2)24-19(18)12-6-7-26-10-12/h4-8,10,17,24H,3H2,1-2H3. The summed E-state index contributed by atoms with van der Waals surface area (Å²) < 4.78 is 10.5. The van der Waals surface area contributed by atoms with E-state index in [1.165, 1.54) is 12.5 Å². The Morgan fingerprint density at radius 1 is 1.37 bits per heavy atom. The third-order valence-corrected chi connectivity index (χ3v) is 4.82. The molecule has 1 aliphatic rings.